The first-order valence-electron chi connectivity index (χ1n) is 10.4. The number of anilines is 1. The van der Waals surface area contributed by atoms with Crippen molar-refractivity contribution < 1.29 is 9.47 Å². The maximum atomic E-state index is 5.92. The Hall–Kier alpha value is -2.16. The number of ether oxygens (including phenoxy) is 2. The second kappa shape index (κ2) is 10.2. The van der Waals surface area contributed by atoms with Crippen molar-refractivity contribution in [3.05, 3.63) is 53.6 Å². The van der Waals surface area contributed by atoms with E-state index in [1.54, 1.807) is 0 Å². The molecule has 3 heteroatoms. The topological polar surface area (TPSA) is 30.5 Å². The van der Waals surface area contributed by atoms with Crippen molar-refractivity contribution in [1.82, 2.24) is 0 Å². The first-order valence-corrected chi connectivity index (χ1v) is 10.4. The van der Waals surface area contributed by atoms with Crippen LogP contribution >= 0.6 is 0 Å². The number of rotatable bonds is 9. The summed E-state index contributed by atoms with van der Waals surface area (Å²) in [6.07, 6.45) is 8.18. The van der Waals surface area contributed by atoms with Crippen LogP contribution in [0, 0.1) is 19.8 Å². The van der Waals surface area contributed by atoms with Crippen molar-refractivity contribution >= 4 is 5.69 Å². The van der Waals surface area contributed by atoms with Crippen LogP contribution in [0.3, 0.4) is 0 Å². The summed E-state index contributed by atoms with van der Waals surface area (Å²) in [6, 6.07) is 14.6. The Morgan fingerprint density at radius 3 is 2.44 bits per heavy atom. The van der Waals surface area contributed by atoms with Crippen LogP contribution in [0.4, 0.5) is 5.69 Å². The molecule has 3 nitrogen and oxygen atoms in total. The average molecular weight is 368 g/mol. The van der Waals surface area contributed by atoms with Crippen molar-refractivity contribution in [3.63, 3.8) is 0 Å². The zero-order valence-corrected chi connectivity index (χ0v) is 16.8. The number of nitrogens with one attached hydrogen (secondary N) is 1. The van der Waals surface area contributed by atoms with Gasteiger partial charge < -0.3 is 14.8 Å². The fourth-order valence-corrected chi connectivity index (χ4v) is 3.71. The molecular formula is C24H33NO2. The molecule has 2 aromatic carbocycles. The molecule has 1 saturated carbocycles. The standard InChI is InChI=1S/C24H33NO2/c1-19-8-9-20(2)24(18-19)27-17-15-25-22-10-12-23(13-11-22)26-16-14-21-6-4-3-5-7-21/h8-13,18,21,25H,3-7,14-17H2,1-2H3. The van der Waals surface area contributed by atoms with Gasteiger partial charge in [0.1, 0.15) is 18.1 Å². The third-order valence-electron chi connectivity index (χ3n) is 5.41. The lowest BCUT2D eigenvalue weighted by Gasteiger charge is -2.21. The molecule has 0 aromatic heterocycles. The van der Waals surface area contributed by atoms with Gasteiger partial charge in [-0.1, -0.05) is 44.2 Å². The minimum atomic E-state index is 0.643. The molecule has 0 radical (unpaired) electrons. The Bertz CT molecular complexity index is 690. The summed E-state index contributed by atoms with van der Waals surface area (Å²) in [4.78, 5) is 0. The van der Waals surface area contributed by atoms with Gasteiger partial charge in [-0.2, -0.15) is 0 Å². The van der Waals surface area contributed by atoms with Crippen molar-refractivity contribution in [3.8, 4) is 11.5 Å². The Morgan fingerprint density at radius 1 is 0.889 bits per heavy atom. The SMILES string of the molecule is Cc1ccc(C)c(OCCNc2ccc(OCCC3CCCCC3)cc2)c1. The van der Waals surface area contributed by atoms with Crippen LogP contribution in [0.15, 0.2) is 42.5 Å². The molecule has 0 amide bonds. The summed E-state index contributed by atoms with van der Waals surface area (Å²) in [7, 11) is 0. The minimum absolute atomic E-state index is 0.643. The lowest BCUT2D eigenvalue weighted by Crippen LogP contribution is -2.12. The fraction of sp³-hybridized carbons (Fsp3) is 0.500. The van der Waals surface area contributed by atoms with Gasteiger partial charge in [0.25, 0.3) is 0 Å². The van der Waals surface area contributed by atoms with Crippen molar-refractivity contribution in [1.29, 1.82) is 0 Å². The Kier molecular flexibility index (Phi) is 7.44. The average Bonchev–Trinajstić information content (AvgIpc) is 2.70. The zero-order chi connectivity index (χ0) is 18.9. The smallest absolute Gasteiger partial charge is 0.122 e. The summed E-state index contributed by atoms with van der Waals surface area (Å²) in [5.41, 5.74) is 3.50. The van der Waals surface area contributed by atoms with Gasteiger partial charge in [-0.25, -0.2) is 0 Å². The molecule has 0 saturated heterocycles. The van der Waals surface area contributed by atoms with Crippen LogP contribution in [0.5, 0.6) is 11.5 Å². The van der Waals surface area contributed by atoms with E-state index in [1.807, 2.05) is 0 Å². The van der Waals surface area contributed by atoms with Gasteiger partial charge in [0.2, 0.25) is 0 Å². The van der Waals surface area contributed by atoms with E-state index in [4.69, 9.17) is 9.47 Å². The molecule has 1 fully saturated rings. The molecular weight excluding hydrogens is 334 g/mol. The van der Waals surface area contributed by atoms with E-state index in [-0.39, 0.29) is 0 Å². The summed E-state index contributed by atoms with van der Waals surface area (Å²) in [5, 5.41) is 3.40. The van der Waals surface area contributed by atoms with E-state index >= 15 is 0 Å². The Labute approximate surface area is 164 Å². The van der Waals surface area contributed by atoms with E-state index in [9.17, 15) is 0 Å². The molecule has 2 aromatic rings. The van der Waals surface area contributed by atoms with Gasteiger partial charge >= 0.3 is 0 Å². The molecule has 0 atom stereocenters. The van der Waals surface area contributed by atoms with Crippen molar-refractivity contribution in [2.75, 3.05) is 25.1 Å². The molecule has 0 heterocycles. The maximum Gasteiger partial charge on any atom is 0.122 e. The second-order valence-corrected chi connectivity index (χ2v) is 7.71. The van der Waals surface area contributed by atoms with Crippen LogP contribution < -0.4 is 14.8 Å². The Morgan fingerprint density at radius 2 is 1.67 bits per heavy atom. The van der Waals surface area contributed by atoms with Crippen molar-refractivity contribution in [2.24, 2.45) is 5.92 Å². The van der Waals surface area contributed by atoms with Gasteiger partial charge in [-0.05, 0) is 67.6 Å². The first kappa shape index (κ1) is 19.6. The van der Waals surface area contributed by atoms with E-state index in [2.05, 4.69) is 61.6 Å². The maximum absolute atomic E-state index is 5.92. The number of hydrogen-bond acceptors (Lipinski definition) is 3. The summed E-state index contributed by atoms with van der Waals surface area (Å²) >= 11 is 0. The molecule has 1 N–H and O–H groups in total. The molecule has 146 valence electrons. The molecule has 0 spiro atoms. The van der Waals surface area contributed by atoms with Crippen LogP contribution in [0.2, 0.25) is 0 Å². The largest absolute Gasteiger partial charge is 0.494 e. The predicted octanol–water partition coefficient (Wildman–Crippen LogP) is 6.14. The van der Waals surface area contributed by atoms with Gasteiger partial charge in [0, 0.05) is 12.2 Å². The number of aryl methyl sites for hydroxylation is 2. The molecule has 27 heavy (non-hydrogen) atoms. The van der Waals surface area contributed by atoms with Crippen LogP contribution in [0.1, 0.15) is 49.7 Å². The van der Waals surface area contributed by atoms with Gasteiger partial charge in [-0.15, -0.1) is 0 Å². The lowest BCUT2D eigenvalue weighted by molar-refractivity contribution is 0.246. The molecule has 0 unspecified atom stereocenters. The summed E-state index contributed by atoms with van der Waals surface area (Å²) in [5.74, 6) is 2.80. The fourth-order valence-electron chi connectivity index (χ4n) is 3.71. The number of benzene rings is 2. The highest BCUT2D eigenvalue weighted by Crippen LogP contribution is 2.26. The third-order valence-corrected chi connectivity index (χ3v) is 5.41. The monoisotopic (exact) mass is 367 g/mol. The van der Waals surface area contributed by atoms with Crippen molar-refractivity contribution in [2.45, 2.75) is 52.4 Å². The quantitative estimate of drug-likeness (QED) is 0.540. The lowest BCUT2D eigenvalue weighted by atomic mass is 9.87. The second-order valence-electron chi connectivity index (χ2n) is 7.71. The Balaban J connectivity index is 1.34. The van der Waals surface area contributed by atoms with Gasteiger partial charge in [0.15, 0.2) is 0 Å². The van der Waals surface area contributed by atoms with E-state index in [1.165, 1.54) is 49.7 Å². The molecule has 0 aliphatic heterocycles. The van der Waals surface area contributed by atoms with E-state index < -0.39 is 0 Å². The highest BCUT2D eigenvalue weighted by Gasteiger charge is 2.13. The van der Waals surface area contributed by atoms with E-state index in [0.29, 0.717) is 6.61 Å². The highest BCUT2D eigenvalue weighted by molar-refractivity contribution is 5.46. The molecule has 1 aliphatic rings. The molecule has 3 rings (SSSR count). The van der Waals surface area contributed by atoms with Crippen LogP contribution in [0.25, 0.3) is 0 Å². The summed E-state index contributed by atoms with van der Waals surface area (Å²) in [6.45, 7) is 6.42. The minimum Gasteiger partial charge on any atom is -0.494 e. The van der Waals surface area contributed by atoms with E-state index in [0.717, 1.165) is 36.3 Å². The van der Waals surface area contributed by atoms with Gasteiger partial charge in [-0.3, -0.25) is 0 Å². The highest BCUT2D eigenvalue weighted by atomic mass is 16.5. The number of hydrogen-bond donors (Lipinski definition) is 1. The summed E-state index contributed by atoms with van der Waals surface area (Å²) < 4.78 is 11.8. The predicted molar refractivity (Wildman–Crippen MR) is 113 cm³/mol. The zero-order valence-electron chi connectivity index (χ0n) is 16.8. The van der Waals surface area contributed by atoms with Crippen LogP contribution in [-0.4, -0.2) is 19.8 Å². The first-order chi connectivity index (χ1) is 13.2. The van der Waals surface area contributed by atoms with Gasteiger partial charge in [0.05, 0.1) is 6.61 Å². The third kappa shape index (κ3) is 6.50. The normalized spacial score (nSPS) is 14.7. The molecule has 1 aliphatic carbocycles. The van der Waals surface area contributed by atoms with Crippen LogP contribution in [-0.2, 0) is 0 Å². The molecule has 0 bridgehead atoms.